The summed E-state index contributed by atoms with van der Waals surface area (Å²) in [6, 6.07) is 5.52. The van der Waals surface area contributed by atoms with Crippen LogP contribution in [0.25, 0.3) is 0 Å². The fourth-order valence-corrected chi connectivity index (χ4v) is 3.44. The Balaban J connectivity index is 1.87. The van der Waals surface area contributed by atoms with Crippen LogP contribution in [0.3, 0.4) is 0 Å². The zero-order chi connectivity index (χ0) is 18.5. The summed E-state index contributed by atoms with van der Waals surface area (Å²) in [6.07, 6.45) is 1.38. The summed E-state index contributed by atoms with van der Waals surface area (Å²) in [5.74, 6) is -0.255. The van der Waals surface area contributed by atoms with Crippen molar-refractivity contribution in [3.8, 4) is 5.75 Å². The number of benzene rings is 1. The van der Waals surface area contributed by atoms with E-state index in [0.717, 1.165) is 19.4 Å². The fourth-order valence-electron chi connectivity index (χ4n) is 3.25. The molecule has 0 bridgehead atoms. The van der Waals surface area contributed by atoms with E-state index in [1.165, 1.54) is 48.4 Å². The van der Waals surface area contributed by atoms with Gasteiger partial charge >= 0.3 is 6.36 Å². The summed E-state index contributed by atoms with van der Waals surface area (Å²) >= 11 is 5.32. The lowest BCUT2D eigenvalue weighted by molar-refractivity contribution is -0.916. The molecule has 0 heterocycles. The molecule has 0 atom stereocenters. The first-order chi connectivity index (χ1) is 11.7. The highest BCUT2D eigenvalue weighted by atomic mass is 32.1. The standard InChI is InChI=1S/C17H24F3N3OS/c1-23(2)16(10-4-3-5-11-16)12-21-15(25)22-13-6-8-14(9-7-13)24-17(18,19)20/h6-9H,3-5,10-12H2,1-2H3,(H2,21,22,25)/p+1. The Labute approximate surface area is 151 Å². The number of nitrogens with one attached hydrogen (secondary N) is 3. The number of quaternary nitrogens is 1. The lowest BCUT2D eigenvalue weighted by Crippen LogP contribution is -3.16. The maximum Gasteiger partial charge on any atom is 0.573 e. The zero-order valence-electron chi connectivity index (χ0n) is 14.5. The average Bonchev–Trinajstić information content (AvgIpc) is 2.54. The largest absolute Gasteiger partial charge is 0.573 e. The first-order valence-electron chi connectivity index (χ1n) is 8.41. The monoisotopic (exact) mass is 376 g/mol. The van der Waals surface area contributed by atoms with E-state index in [2.05, 4.69) is 29.5 Å². The molecular weight excluding hydrogens is 351 g/mol. The van der Waals surface area contributed by atoms with Crippen molar-refractivity contribution in [3.63, 3.8) is 0 Å². The lowest BCUT2D eigenvalue weighted by Gasteiger charge is -2.40. The van der Waals surface area contributed by atoms with Crippen molar-refractivity contribution in [2.24, 2.45) is 0 Å². The van der Waals surface area contributed by atoms with Gasteiger partial charge in [-0.15, -0.1) is 13.2 Å². The van der Waals surface area contributed by atoms with Crippen molar-refractivity contribution in [1.29, 1.82) is 0 Å². The number of anilines is 1. The minimum Gasteiger partial charge on any atom is -0.406 e. The number of rotatable bonds is 5. The molecule has 8 heteroatoms. The van der Waals surface area contributed by atoms with E-state index in [-0.39, 0.29) is 11.3 Å². The SMILES string of the molecule is C[NH+](C)C1(CNC(=S)Nc2ccc(OC(F)(F)F)cc2)CCCCC1. The summed E-state index contributed by atoms with van der Waals surface area (Å²) in [5.41, 5.74) is 0.788. The molecule has 0 radical (unpaired) electrons. The van der Waals surface area contributed by atoms with Gasteiger partial charge in [-0.05, 0) is 49.3 Å². The Morgan fingerprint density at radius 2 is 1.76 bits per heavy atom. The van der Waals surface area contributed by atoms with Gasteiger partial charge in [-0.3, -0.25) is 0 Å². The van der Waals surface area contributed by atoms with Gasteiger partial charge in [0.15, 0.2) is 5.11 Å². The number of halogens is 3. The number of hydrogen-bond acceptors (Lipinski definition) is 2. The van der Waals surface area contributed by atoms with Crippen LogP contribution < -0.4 is 20.3 Å². The van der Waals surface area contributed by atoms with E-state index in [1.54, 1.807) is 0 Å². The van der Waals surface area contributed by atoms with Crippen molar-refractivity contribution < 1.29 is 22.8 Å². The quantitative estimate of drug-likeness (QED) is 0.691. The average molecular weight is 376 g/mol. The summed E-state index contributed by atoms with van der Waals surface area (Å²) in [4.78, 5) is 1.41. The van der Waals surface area contributed by atoms with Gasteiger partial charge in [-0.1, -0.05) is 6.42 Å². The smallest absolute Gasteiger partial charge is 0.406 e. The Morgan fingerprint density at radius 3 is 2.28 bits per heavy atom. The van der Waals surface area contributed by atoms with Crippen LogP contribution in [0, 0.1) is 0 Å². The van der Waals surface area contributed by atoms with E-state index in [9.17, 15) is 13.2 Å². The van der Waals surface area contributed by atoms with Crippen molar-refractivity contribution in [2.75, 3.05) is 26.0 Å². The van der Waals surface area contributed by atoms with E-state index in [4.69, 9.17) is 12.2 Å². The first kappa shape index (κ1) is 19.8. The minimum atomic E-state index is -4.69. The third-order valence-corrected chi connectivity index (χ3v) is 5.05. The van der Waals surface area contributed by atoms with Gasteiger partial charge in [0.2, 0.25) is 0 Å². The Kier molecular flexibility index (Phi) is 6.51. The molecule has 0 unspecified atom stereocenters. The molecule has 0 aromatic heterocycles. The molecule has 0 saturated heterocycles. The highest BCUT2D eigenvalue weighted by Gasteiger charge is 2.38. The predicted molar refractivity (Wildman–Crippen MR) is 96.0 cm³/mol. The van der Waals surface area contributed by atoms with Crippen LogP contribution in [0.4, 0.5) is 18.9 Å². The van der Waals surface area contributed by atoms with Gasteiger partial charge < -0.3 is 20.3 Å². The molecule has 1 aromatic rings. The molecule has 3 N–H and O–H groups in total. The van der Waals surface area contributed by atoms with E-state index >= 15 is 0 Å². The summed E-state index contributed by atoms with van der Waals surface area (Å²) in [7, 11) is 4.34. The van der Waals surface area contributed by atoms with Crippen LogP contribution in [-0.2, 0) is 0 Å². The third kappa shape index (κ3) is 6.04. The molecular formula is C17H25F3N3OS+. The maximum atomic E-state index is 12.2. The molecule has 0 spiro atoms. The van der Waals surface area contributed by atoms with Crippen molar-refractivity contribution in [1.82, 2.24) is 5.32 Å². The summed E-state index contributed by atoms with van der Waals surface area (Å²) in [6.45, 7) is 0.774. The van der Waals surface area contributed by atoms with E-state index in [0.29, 0.717) is 10.8 Å². The molecule has 25 heavy (non-hydrogen) atoms. The highest BCUT2D eigenvalue weighted by Crippen LogP contribution is 2.25. The molecule has 140 valence electrons. The van der Waals surface area contributed by atoms with Gasteiger partial charge in [0, 0.05) is 18.5 Å². The highest BCUT2D eigenvalue weighted by molar-refractivity contribution is 7.80. The van der Waals surface area contributed by atoms with Crippen LogP contribution in [0.15, 0.2) is 24.3 Å². The Morgan fingerprint density at radius 1 is 1.16 bits per heavy atom. The Hall–Kier alpha value is -1.54. The van der Waals surface area contributed by atoms with Crippen molar-refractivity contribution >= 4 is 23.0 Å². The predicted octanol–water partition coefficient (Wildman–Crippen LogP) is 2.72. The van der Waals surface area contributed by atoms with Gasteiger partial charge in [0.05, 0.1) is 20.6 Å². The van der Waals surface area contributed by atoms with Gasteiger partial charge in [-0.25, -0.2) is 0 Å². The molecule has 0 amide bonds. The molecule has 2 rings (SSSR count). The second kappa shape index (κ2) is 8.23. The van der Waals surface area contributed by atoms with E-state index in [1.807, 2.05) is 0 Å². The van der Waals surface area contributed by atoms with Crippen LogP contribution >= 0.6 is 12.2 Å². The van der Waals surface area contributed by atoms with Gasteiger partial charge in [0.25, 0.3) is 0 Å². The maximum absolute atomic E-state index is 12.2. The molecule has 4 nitrogen and oxygen atoms in total. The van der Waals surface area contributed by atoms with Crippen LogP contribution in [-0.4, -0.2) is 37.7 Å². The lowest BCUT2D eigenvalue weighted by atomic mass is 9.80. The first-order valence-corrected chi connectivity index (χ1v) is 8.82. The van der Waals surface area contributed by atoms with Crippen molar-refractivity contribution in [3.05, 3.63) is 24.3 Å². The van der Waals surface area contributed by atoms with Crippen LogP contribution in [0.1, 0.15) is 32.1 Å². The molecule has 1 aliphatic rings. The molecule has 1 saturated carbocycles. The second-order valence-corrected chi connectivity index (χ2v) is 7.13. The molecule has 0 aliphatic heterocycles. The Bertz CT molecular complexity index is 569. The normalized spacial score (nSPS) is 17.2. The molecule has 1 fully saturated rings. The summed E-state index contributed by atoms with van der Waals surface area (Å²) < 4.78 is 40.3. The third-order valence-electron chi connectivity index (χ3n) is 4.80. The number of ether oxygens (including phenoxy) is 1. The van der Waals surface area contributed by atoms with Gasteiger partial charge in [-0.2, -0.15) is 0 Å². The number of alkyl halides is 3. The van der Waals surface area contributed by atoms with Crippen LogP contribution in [0.5, 0.6) is 5.75 Å². The summed E-state index contributed by atoms with van der Waals surface area (Å²) in [5, 5.41) is 6.73. The van der Waals surface area contributed by atoms with Gasteiger partial charge in [0.1, 0.15) is 11.3 Å². The number of likely N-dealkylation sites (N-methyl/N-ethyl adjacent to an activating group) is 1. The second-order valence-electron chi connectivity index (χ2n) is 6.72. The molecule has 1 aromatic carbocycles. The van der Waals surface area contributed by atoms with E-state index < -0.39 is 6.36 Å². The fraction of sp³-hybridized carbons (Fsp3) is 0.588. The minimum absolute atomic E-state index is 0.175. The van der Waals surface area contributed by atoms with Crippen molar-refractivity contribution in [2.45, 2.75) is 44.0 Å². The number of hydrogen-bond donors (Lipinski definition) is 3. The zero-order valence-corrected chi connectivity index (χ0v) is 15.3. The van der Waals surface area contributed by atoms with Crippen LogP contribution in [0.2, 0.25) is 0 Å². The molecule has 1 aliphatic carbocycles. The number of thiocarbonyl (C=S) groups is 1. The topological polar surface area (TPSA) is 37.7 Å².